The maximum absolute atomic E-state index is 12.0. The summed E-state index contributed by atoms with van der Waals surface area (Å²) in [5.41, 5.74) is 2.56. The Morgan fingerprint density at radius 3 is 2.50 bits per heavy atom. The largest absolute Gasteiger partial charge is 0.481 e. The van der Waals surface area contributed by atoms with Crippen molar-refractivity contribution >= 4 is 5.97 Å². The smallest absolute Gasteiger partial charge is 0.314 e. The van der Waals surface area contributed by atoms with Crippen molar-refractivity contribution in [2.75, 3.05) is 19.6 Å². The van der Waals surface area contributed by atoms with Gasteiger partial charge >= 0.3 is 5.97 Å². The van der Waals surface area contributed by atoms with Gasteiger partial charge in [-0.2, -0.15) is 0 Å². The van der Waals surface area contributed by atoms with Crippen LogP contribution in [0.15, 0.2) is 18.2 Å². The number of aliphatic carboxylic acids is 1. The van der Waals surface area contributed by atoms with E-state index in [9.17, 15) is 9.90 Å². The number of carboxylic acids is 1. The quantitative estimate of drug-likeness (QED) is 0.917. The van der Waals surface area contributed by atoms with Gasteiger partial charge in [-0.15, -0.1) is 0 Å². The monoisotopic (exact) mass is 275 g/mol. The lowest BCUT2D eigenvalue weighted by molar-refractivity contribution is -0.146. The van der Waals surface area contributed by atoms with E-state index in [0.29, 0.717) is 12.8 Å². The highest BCUT2D eigenvalue weighted by molar-refractivity contribution is 5.82. The van der Waals surface area contributed by atoms with Gasteiger partial charge in [0.05, 0.1) is 5.41 Å². The lowest BCUT2D eigenvalue weighted by Crippen LogP contribution is -2.47. The highest BCUT2D eigenvalue weighted by Gasteiger charge is 2.43. The first kappa shape index (κ1) is 15.0. The number of carbonyl (C=O) groups is 1. The Balaban J connectivity index is 2.32. The van der Waals surface area contributed by atoms with E-state index >= 15 is 0 Å². The second-order valence-corrected chi connectivity index (χ2v) is 6.05. The molecule has 110 valence electrons. The van der Waals surface area contributed by atoms with E-state index in [1.165, 1.54) is 0 Å². The lowest BCUT2D eigenvalue weighted by atomic mass is 9.71. The number of hydrogen-bond donors (Lipinski definition) is 1. The van der Waals surface area contributed by atoms with E-state index in [4.69, 9.17) is 0 Å². The van der Waals surface area contributed by atoms with Crippen LogP contribution in [0.3, 0.4) is 0 Å². The molecule has 1 aromatic rings. The van der Waals surface area contributed by atoms with Gasteiger partial charge in [0.2, 0.25) is 0 Å². The van der Waals surface area contributed by atoms with Crippen molar-refractivity contribution in [3.05, 3.63) is 34.9 Å². The number of benzene rings is 1. The van der Waals surface area contributed by atoms with Crippen LogP contribution < -0.4 is 0 Å². The van der Waals surface area contributed by atoms with Gasteiger partial charge in [0.1, 0.15) is 0 Å². The molecule has 1 aliphatic rings. The molecule has 0 unspecified atom stereocenters. The summed E-state index contributed by atoms with van der Waals surface area (Å²) in [4.78, 5) is 14.4. The summed E-state index contributed by atoms with van der Waals surface area (Å²) in [5.74, 6) is -0.664. The Morgan fingerprint density at radius 1 is 1.30 bits per heavy atom. The van der Waals surface area contributed by atoms with Gasteiger partial charge in [-0.25, -0.2) is 0 Å². The average molecular weight is 275 g/mol. The molecule has 0 radical (unpaired) electrons. The molecular weight excluding hydrogens is 250 g/mol. The first-order chi connectivity index (χ1) is 9.49. The van der Waals surface area contributed by atoms with Crippen molar-refractivity contribution in [3.63, 3.8) is 0 Å². The fourth-order valence-corrected chi connectivity index (χ4v) is 3.32. The third kappa shape index (κ3) is 2.73. The molecular formula is C17H25NO2. The highest BCUT2D eigenvalue weighted by atomic mass is 16.4. The standard InChI is InChI=1S/C17H25NO2/c1-4-9-18-10-7-17(8-11-18,16(19)20)15-12-13(2)5-6-14(15)3/h5-6,12H,4,7-11H2,1-3H3,(H,19,20). The van der Waals surface area contributed by atoms with Gasteiger partial charge in [-0.1, -0.05) is 30.7 Å². The Morgan fingerprint density at radius 2 is 1.95 bits per heavy atom. The summed E-state index contributed by atoms with van der Waals surface area (Å²) in [6.45, 7) is 9.07. The molecule has 1 saturated heterocycles. The fourth-order valence-electron chi connectivity index (χ4n) is 3.32. The number of likely N-dealkylation sites (tertiary alicyclic amines) is 1. The summed E-state index contributed by atoms with van der Waals surface area (Å²) in [5, 5.41) is 9.86. The van der Waals surface area contributed by atoms with Crippen LogP contribution in [-0.4, -0.2) is 35.6 Å². The van der Waals surface area contributed by atoms with Crippen molar-refractivity contribution in [1.29, 1.82) is 0 Å². The SMILES string of the molecule is CCCN1CCC(C(=O)O)(c2cc(C)ccc2C)CC1. The van der Waals surface area contributed by atoms with E-state index in [1.807, 2.05) is 19.9 Å². The first-order valence-electron chi connectivity index (χ1n) is 7.53. The summed E-state index contributed by atoms with van der Waals surface area (Å²) >= 11 is 0. The van der Waals surface area contributed by atoms with Crippen LogP contribution in [-0.2, 0) is 10.2 Å². The van der Waals surface area contributed by atoms with E-state index in [2.05, 4.69) is 24.0 Å². The number of aryl methyl sites for hydroxylation is 2. The Labute approximate surface area is 121 Å². The van der Waals surface area contributed by atoms with Gasteiger partial charge in [-0.3, -0.25) is 4.79 Å². The van der Waals surface area contributed by atoms with E-state index in [0.717, 1.165) is 42.7 Å². The number of carboxylic acid groups (broad SMARTS) is 1. The molecule has 1 aromatic carbocycles. The minimum Gasteiger partial charge on any atom is -0.481 e. The Hall–Kier alpha value is -1.35. The summed E-state index contributed by atoms with van der Waals surface area (Å²) in [6.07, 6.45) is 2.56. The predicted molar refractivity (Wildman–Crippen MR) is 81.2 cm³/mol. The molecule has 20 heavy (non-hydrogen) atoms. The molecule has 0 amide bonds. The van der Waals surface area contributed by atoms with Crippen molar-refractivity contribution in [2.24, 2.45) is 0 Å². The zero-order chi connectivity index (χ0) is 14.8. The van der Waals surface area contributed by atoms with Crippen LogP contribution in [0.25, 0.3) is 0 Å². The zero-order valence-corrected chi connectivity index (χ0v) is 12.8. The molecule has 0 saturated carbocycles. The molecule has 1 fully saturated rings. The molecule has 1 aliphatic heterocycles. The molecule has 0 bridgehead atoms. The summed E-state index contributed by atoms with van der Waals surface area (Å²) in [7, 11) is 0. The molecule has 3 nitrogen and oxygen atoms in total. The van der Waals surface area contributed by atoms with Gasteiger partial charge in [0.25, 0.3) is 0 Å². The molecule has 0 atom stereocenters. The van der Waals surface area contributed by atoms with Crippen molar-refractivity contribution in [3.8, 4) is 0 Å². The lowest BCUT2D eigenvalue weighted by Gasteiger charge is -2.40. The topological polar surface area (TPSA) is 40.5 Å². The van der Waals surface area contributed by atoms with Crippen LogP contribution in [0.2, 0.25) is 0 Å². The maximum atomic E-state index is 12.0. The van der Waals surface area contributed by atoms with Gasteiger partial charge in [0, 0.05) is 0 Å². The minimum atomic E-state index is -0.694. The third-order valence-corrected chi connectivity index (χ3v) is 4.57. The summed E-state index contributed by atoms with van der Waals surface area (Å²) in [6, 6.07) is 6.17. The Kier molecular flexibility index (Phi) is 4.48. The fraction of sp³-hybridized carbons (Fsp3) is 0.588. The van der Waals surface area contributed by atoms with E-state index in [-0.39, 0.29) is 0 Å². The van der Waals surface area contributed by atoms with E-state index < -0.39 is 11.4 Å². The summed E-state index contributed by atoms with van der Waals surface area (Å²) < 4.78 is 0. The Bertz CT molecular complexity index is 488. The van der Waals surface area contributed by atoms with Gasteiger partial charge < -0.3 is 10.0 Å². The van der Waals surface area contributed by atoms with Crippen LogP contribution in [0.5, 0.6) is 0 Å². The molecule has 0 aromatic heterocycles. The number of piperidine rings is 1. The van der Waals surface area contributed by atoms with Crippen molar-refractivity contribution in [2.45, 2.75) is 45.4 Å². The number of hydrogen-bond acceptors (Lipinski definition) is 2. The van der Waals surface area contributed by atoms with Crippen molar-refractivity contribution in [1.82, 2.24) is 4.90 Å². The van der Waals surface area contributed by atoms with E-state index in [1.54, 1.807) is 0 Å². The molecule has 1 N–H and O–H groups in total. The molecule has 1 heterocycles. The number of nitrogens with zero attached hydrogens (tertiary/aromatic N) is 1. The molecule has 0 spiro atoms. The van der Waals surface area contributed by atoms with Gasteiger partial charge in [-0.05, 0) is 63.9 Å². The number of rotatable bonds is 4. The van der Waals surface area contributed by atoms with Crippen LogP contribution >= 0.6 is 0 Å². The van der Waals surface area contributed by atoms with Crippen molar-refractivity contribution < 1.29 is 9.90 Å². The second-order valence-electron chi connectivity index (χ2n) is 6.05. The highest BCUT2D eigenvalue weighted by Crippen LogP contribution is 2.38. The van der Waals surface area contributed by atoms with Crippen LogP contribution in [0.4, 0.5) is 0 Å². The predicted octanol–water partition coefficient (Wildman–Crippen LogP) is 3.13. The second kappa shape index (κ2) is 5.96. The minimum absolute atomic E-state index is 0.664. The zero-order valence-electron chi connectivity index (χ0n) is 12.8. The van der Waals surface area contributed by atoms with Crippen LogP contribution in [0, 0.1) is 13.8 Å². The molecule has 0 aliphatic carbocycles. The first-order valence-corrected chi connectivity index (χ1v) is 7.53. The molecule has 3 heteroatoms. The van der Waals surface area contributed by atoms with Crippen LogP contribution in [0.1, 0.15) is 42.9 Å². The third-order valence-electron chi connectivity index (χ3n) is 4.57. The molecule has 2 rings (SSSR count). The average Bonchev–Trinajstić information content (AvgIpc) is 2.43. The maximum Gasteiger partial charge on any atom is 0.314 e. The van der Waals surface area contributed by atoms with Gasteiger partial charge in [0.15, 0.2) is 0 Å². The normalized spacial score (nSPS) is 18.9.